The zero-order chi connectivity index (χ0) is 10.6. The number of rotatable bonds is 4. The average molecular weight is 211 g/mol. The topological polar surface area (TPSA) is 17.1 Å². The average Bonchev–Trinajstić information content (AvgIpc) is 2.18. The number of ketones is 1. The van der Waals surface area contributed by atoms with E-state index in [2.05, 4.69) is 6.92 Å². The molecule has 0 amide bonds. The van der Waals surface area contributed by atoms with E-state index in [1.165, 1.54) is 0 Å². The van der Waals surface area contributed by atoms with E-state index in [4.69, 9.17) is 11.6 Å². The number of carbonyl (C=O) groups excluding carboxylic acids is 1. The van der Waals surface area contributed by atoms with Crippen LogP contribution in [0.15, 0.2) is 24.3 Å². The van der Waals surface area contributed by atoms with Gasteiger partial charge in [0, 0.05) is 16.5 Å². The van der Waals surface area contributed by atoms with Crippen molar-refractivity contribution in [3.63, 3.8) is 0 Å². The minimum absolute atomic E-state index is 0.112. The normalized spacial score (nSPS) is 12.5. The Morgan fingerprint density at radius 2 is 1.93 bits per heavy atom. The van der Waals surface area contributed by atoms with E-state index in [0.717, 1.165) is 18.4 Å². The number of halogens is 1. The molecule has 1 nitrogen and oxygen atoms in total. The lowest BCUT2D eigenvalue weighted by molar-refractivity contribution is 0.0923. The molecule has 14 heavy (non-hydrogen) atoms. The van der Waals surface area contributed by atoms with Gasteiger partial charge in [-0.05, 0) is 30.7 Å². The van der Waals surface area contributed by atoms with Gasteiger partial charge in [0.05, 0.1) is 0 Å². The molecule has 1 atom stereocenters. The molecule has 1 rings (SSSR count). The lowest BCUT2D eigenvalue weighted by Crippen LogP contribution is -2.10. The molecule has 0 fully saturated rings. The molecule has 0 aliphatic heterocycles. The maximum absolute atomic E-state index is 11.8. The Hall–Kier alpha value is -0.820. The van der Waals surface area contributed by atoms with Gasteiger partial charge in [-0.25, -0.2) is 0 Å². The van der Waals surface area contributed by atoms with Crippen LogP contribution in [0.2, 0.25) is 5.02 Å². The van der Waals surface area contributed by atoms with Crippen molar-refractivity contribution < 1.29 is 4.79 Å². The molecule has 0 bridgehead atoms. The summed E-state index contributed by atoms with van der Waals surface area (Å²) in [4.78, 5) is 11.8. The summed E-state index contributed by atoms with van der Waals surface area (Å²) in [5.74, 6) is 0.324. The molecule has 0 aliphatic rings. The van der Waals surface area contributed by atoms with Gasteiger partial charge in [-0.1, -0.05) is 31.9 Å². The second kappa shape index (κ2) is 5.16. The molecule has 0 radical (unpaired) electrons. The van der Waals surface area contributed by atoms with Gasteiger partial charge in [0.1, 0.15) is 0 Å². The molecule has 76 valence electrons. The fraction of sp³-hybridized carbons (Fsp3) is 0.417. The molecule has 0 saturated heterocycles. The van der Waals surface area contributed by atoms with Gasteiger partial charge in [-0.15, -0.1) is 0 Å². The summed E-state index contributed by atoms with van der Waals surface area (Å²) in [7, 11) is 0. The third-order valence-corrected chi connectivity index (χ3v) is 2.55. The van der Waals surface area contributed by atoms with E-state index < -0.39 is 0 Å². The van der Waals surface area contributed by atoms with Crippen LogP contribution < -0.4 is 0 Å². The van der Waals surface area contributed by atoms with Crippen molar-refractivity contribution in [3.8, 4) is 0 Å². The molecule has 0 aliphatic carbocycles. The zero-order valence-electron chi connectivity index (χ0n) is 8.59. The largest absolute Gasteiger partial charge is 0.294 e. The first kappa shape index (κ1) is 11.3. The summed E-state index contributed by atoms with van der Waals surface area (Å²) in [6.45, 7) is 4.06. The Labute approximate surface area is 90.1 Å². The van der Waals surface area contributed by atoms with Crippen molar-refractivity contribution in [2.24, 2.45) is 5.92 Å². The third-order valence-electron chi connectivity index (χ3n) is 2.30. The van der Waals surface area contributed by atoms with Crippen LogP contribution >= 0.6 is 11.6 Å². The molecule has 2 heteroatoms. The van der Waals surface area contributed by atoms with Crippen molar-refractivity contribution >= 4 is 17.4 Å². The molecule has 0 N–H and O–H groups in total. The molecule has 0 spiro atoms. The van der Waals surface area contributed by atoms with Crippen LogP contribution in [0.4, 0.5) is 0 Å². The Morgan fingerprint density at radius 3 is 2.43 bits per heavy atom. The van der Waals surface area contributed by atoms with E-state index in [0.29, 0.717) is 5.02 Å². The molecule has 1 unspecified atom stereocenters. The maximum Gasteiger partial charge on any atom is 0.165 e. The van der Waals surface area contributed by atoms with Crippen LogP contribution in [-0.4, -0.2) is 5.78 Å². The van der Waals surface area contributed by atoms with Crippen molar-refractivity contribution in [3.05, 3.63) is 34.9 Å². The van der Waals surface area contributed by atoms with Crippen LogP contribution in [0.5, 0.6) is 0 Å². The molecule has 1 aromatic rings. The van der Waals surface area contributed by atoms with E-state index in [1.54, 1.807) is 24.3 Å². The van der Waals surface area contributed by atoms with Crippen LogP contribution in [0, 0.1) is 5.92 Å². The van der Waals surface area contributed by atoms with E-state index in [1.807, 2.05) is 6.92 Å². The van der Waals surface area contributed by atoms with Crippen LogP contribution in [0.3, 0.4) is 0 Å². The first-order chi connectivity index (χ1) is 6.65. The van der Waals surface area contributed by atoms with E-state index in [-0.39, 0.29) is 11.7 Å². The molecule has 0 saturated carbocycles. The zero-order valence-corrected chi connectivity index (χ0v) is 9.34. The highest BCUT2D eigenvalue weighted by Crippen LogP contribution is 2.16. The van der Waals surface area contributed by atoms with Crippen molar-refractivity contribution in [1.29, 1.82) is 0 Å². The standard InChI is InChI=1S/C12H15ClO/c1-3-4-9(2)12(14)10-5-7-11(13)8-6-10/h5-9H,3-4H2,1-2H3. The smallest absolute Gasteiger partial charge is 0.165 e. The van der Waals surface area contributed by atoms with Gasteiger partial charge in [0.2, 0.25) is 0 Å². The molecule has 0 aromatic heterocycles. The van der Waals surface area contributed by atoms with Gasteiger partial charge in [0.15, 0.2) is 5.78 Å². The molecule has 0 heterocycles. The summed E-state index contributed by atoms with van der Waals surface area (Å²) in [5.41, 5.74) is 0.760. The highest BCUT2D eigenvalue weighted by molar-refractivity contribution is 6.30. The van der Waals surface area contributed by atoms with Gasteiger partial charge in [-0.2, -0.15) is 0 Å². The number of Topliss-reactive ketones (excluding diaryl/α,β-unsaturated/α-hetero) is 1. The summed E-state index contributed by atoms with van der Waals surface area (Å²) in [5, 5.41) is 0.671. The highest BCUT2D eigenvalue weighted by atomic mass is 35.5. The predicted molar refractivity (Wildman–Crippen MR) is 59.9 cm³/mol. The van der Waals surface area contributed by atoms with Crippen LogP contribution in [0.1, 0.15) is 37.0 Å². The van der Waals surface area contributed by atoms with Gasteiger partial charge in [0.25, 0.3) is 0 Å². The highest BCUT2D eigenvalue weighted by Gasteiger charge is 2.13. The fourth-order valence-corrected chi connectivity index (χ4v) is 1.59. The minimum atomic E-state index is 0.112. The van der Waals surface area contributed by atoms with E-state index >= 15 is 0 Å². The SMILES string of the molecule is CCCC(C)C(=O)c1ccc(Cl)cc1. The van der Waals surface area contributed by atoms with Gasteiger partial charge < -0.3 is 0 Å². The summed E-state index contributed by atoms with van der Waals surface area (Å²) < 4.78 is 0. The molecular weight excluding hydrogens is 196 g/mol. The quantitative estimate of drug-likeness (QED) is 0.688. The number of hydrogen-bond donors (Lipinski definition) is 0. The summed E-state index contributed by atoms with van der Waals surface area (Å²) in [6, 6.07) is 7.09. The first-order valence-electron chi connectivity index (χ1n) is 4.95. The Morgan fingerprint density at radius 1 is 1.36 bits per heavy atom. The van der Waals surface area contributed by atoms with Crippen molar-refractivity contribution in [1.82, 2.24) is 0 Å². The number of carbonyl (C=O) groups is 1. The van der Waals surface area contributed by atoms with Crippen molar-refractivity contribution in [2.45, 2.75) is 26.7 Å². The minimum Gasteiger partial charge on any atom is -0.294 e. The predicted octanol–water partition coefficient (Wildman–Crippen LogP) is 3.96. The van der Waals surface area contributed by atoms with Crippen LogP contribution in [0.25, 0.3) is 0 Å². The van der Waals surface area contributed by atoms with Gasteiger partial charge in [-0.3, -0.25) is 4.79 Å². The van der Waals surface area contributed by atoms with Crippen LogP contribution in [-0.2, 0) is 0 Å². The molecular formula is C12H15ClO. The maximum atomic E-state index is 11.8. The van der Waals surface area contributed by atoms with Crippen molar-refractivity contribution in [2.75, 3.05) is 0 Å². The monoisotopic (exact) mass is 210 g/mol. The first-order valence-corrected chi connectivity index (χ1v) is 5.32. The summed E-state index contributed by atoms with van der Waals surface area (Å²) in [6.07, 6.45) is 1.99. The number of benzene rings is 1. The number of hydrogen-bond acceptors (Lipinski definition) is 1. The Kier molecular flexibility index (Phi) is 4.15. The second-order valence-corrected chi connectivity index (χ2v) is 4.00. The third kappa shape index (κ3) is 2.85. The lowest BCUT2D eigenvalue weighted by atomic mass is 9.95. The Balaban J connectivity index is 2.74. The summed E-state index contributed by atoms with van der Waals surface area (Å²) >= 11 is 5.75. The lowest BCUT2D eigenvalue weighted by Gasteiger charge is -2.08. The van der Waals surface area contributed by atoms with E-state index in [9.17, 15) is 4.79 Å². The second-order valence-electron chi connectivity index (χ2n) is 3.56. The Bertz CT molecular complexity index is 303. The molecule has 1 aromatic carbocycles. The fourth-order valence-electron chi connectivity index (χ4n) is 1.46. The van der Waals surface area contributed by atoms with Gasteiger partial charge >= 0.3 is 0 Å².